The number of benzene rings is 3. The fourth-order valence-corrected chi connectivity index (χ4v) is 12.2. The third-order valence-electron chi connectivity index (χ3n) is 13.9. The van der Waals surface area contributed by atoms with Crippen LogP contribution in [0.4, 0.5) is 0 Å². The molecule has 334 valence electrons. The van der Waals surface area contributed by atoms with Crippen molar-refractivity contribution in [2.45, 2.75) is 149 Å². The summed E-state index contributed by atoms with van der Waals surface area (Å²) < 4.78 is 35.1. The van der Waals surface area contributed by atoms with Gasteiger partial charge in [-0.25, -0.2) is 0 Å². The summed E-state index contributed by atoms with van der Waals surface area (Å²) in [7, 11) is -1.78. The molecule has 0 bridgehead atoms. The Hall–Kier alpha value is -1.51. The van der Waals surface area contributed by atoms with Gasteiger partial charge in [-0.3, -0.25) is 0 Å². The maximum atomic E-state index is 7.44. The van der Waals surface area contributed by atoms with Crippen LogP contribution in [0, 0.1) is 29.6 Å². The van der Waals surface area contributed by atoms with Crippen molar-refractivity contribution in [1.82, 2.24) is 0 Å². The van der Waals surface area contributed by atoms with Gasteiger partial charge >= 0.3 is 0 Å². The van der Waals surface area contributed by atoms with Crippen LogP contribution in [0.1, 0.15) is 99.3 Å². The fourth-order valence-electron chi connectivity index (χ4n) is 8.07. The van der Waals surface area contributed by atoms with E-state index < -0.39 is 29.8 Å². The predicted molar refractivity (Wildman–Crippen MR) is 266 cm³/mol. The molecule has 3 aromatic rings. The van der Waals surface area contributed by atoms with Crippen LogP contribution in [0.3, 0.4) is 0 Å². The van der Waals surface area contributed by atoms with Crippen LogP contribution in [0.2, 0.25) is 36.3 Å². The summed E-state index contributed by atoms with van der Waals surface area (Å²) in [4.78, 5) is 0. The fraction of sp³-hybridized carbons (Fsp3) is 0.608. The van der Waals surface area contributed by atoms with Crippen molar-refractivity contribution in [2.75, 3.05) is 19.9 Å². The molecule has 3 aromatic carbocycles. The molecule has 3 unspecified atom stereocenters. The Morgan fingerprint density at radius 3 is 1.57 bits per heavy atom. The van der Waals surface area contributed by atoms with Crippen molar-refractivity contribution in [2.24, 2.45) is 29.6 Å². The predicted octanol–water partition coefficient (Wildman–Crippen LogP) is 14.5. The van der Waals surface area contributed by atoms with Gasteiger partial charge in [0.25, 0.3) is 0 Å². The molecule has 1 aliphatic heterocycles. The Kier molecular flexibility index (Phi) is 18.3. The number of ether oxygens (including phenoxy) is 3. The molecule has 4 rings (SSSR count). The number of hydrogen-bond acceptors (Lipinski definition) is 5. The van der Waals surface area contributed by atoms with E-state index in [4.69, 9.17) is 23.1 Å². The highest BCUT2D eigenvalue weighted by atomic mass is 32.0. The molecule has 1 heterocycles. The van der Waals surface area contributed by atoms with E-state index in [1.54, 1.807) is 0 Å². The van der Waals surface area contributed by atoms with Crippen LogP contribution in [0.25, 0.3) is 0 Å². The summed E-state index contributed by atoms with van der Waals surface area (Å²) in [5, 5.41) is 0.164. The van der Waals surface area contributed by atoms with Gasteiger partial charge in [-0.15, -0.1) is 8.93 Å². The van der Waals surface area contributed by atoms with Gasteiger partial charge < -0.3 is 23.1 Å². The lowest BCUT2D eigenvalue weighted by Gasteiger charge is -2.47. The molecule has 5 nitrogen and oxygen atoms in total. The van der Waals surface area contributed by atoms with Crippen LogP contribution in [-0.4, -0.2) is 60.9 Å². The molecule has 9 heteroatoms. The zero-order chi connectivity index (χ0) is 44.7. The van der Waals surface area contributed by atoms with Crippen LogP contribution in [0.5, 0.6) is 0 Å². The standard InChI is InChI=1S/C51H82O5P2Si2/c1-37(27-26-28-38(2)47(56-60(15,16)50(9,10)11)41(5)46-39(3)35-52-48(54-46)58(12)57)45(55-59(13,14)49(6,7)8)40(4)36-53-51(42-29-20-17-21-30-42,43-31-22-18-23-32-43)44-33-24-19-25-34-44/h17-27,29-34,37-41,45-48H,28,35-36,57H2,1-16H3/b27-26-/t37-,38-,39-,40-,41+,45+,46-,47+,48?,58?/m0/s1. The molecule has 60 heavy (non-hydrogen) atoms. The molecule has 1 fully saturated rings. The molecule has 0 N–H and O–H groups in total. The summed E-state index contributed by atoms with van der Waals surface area (Å²) in [6, 6.07) is 31.9. The molecule has 11 atom stereocenters. The highest BCUT2D eigenvalue weighted by Gasteiger charge is 2.46. The van der Waals surface area contributed by atoms with Gasteiger partial charge in [0, 0.05) is 17.8 Å². The first kappa shape index (κ1) is 51.1. The Morgan fingerprint density at radius 1 is 0.717 bits per heavy atom. The molecule has 1 saturated heterocycles. The van der Waals surface area contributed by atoms with Crippen molar-refractivity contribution in [3.05, 3.63) is 120 Å². The van der Waals surface area contributed by atoms with E-state index in [2.05, 4.69) is 221 Å². The highest BCUT2D eigenvalue weighted by Crippen LogP contribution is 2.50. The first-order chi connectivity index (χ1) is 27.9. The van der Waals surface area contributed by atoms with Gasteiger partial charge in [-0.1, -0.05) is 179 Å². The third kappa shape index (κ3) is 12.6. The zero-order valence-corrected chi connectivity index (χ0v) is 44.2. The van der Waals surface area contributed by atoms with E-state index in [-0.39, 0.29) is 58.1 Å². The molecule has 0 saturated carbocycles. The van der Waals surface area contributed by atoms with Gasteiger partial charge in [0.15, 0.2) is 22.7 Å². The minimum Gasteiger partial charge on any atom is -0.413 e. The van der Waals surface area contributed by atoms with Gasteiger partial charge in [-0.05, 0) is 85.5 Å². The van der Waals surface area contributed by atoms with Crippen LogP contribution >= 0.6 is 16.5 Å². The van der Waals surface area contributed by atoms with Crippen molar-refractivity contribution in [3.63, 3.8) is 0 Å². The van der Waals surface area contributed by atoms with Crippen molar-refractivity contribution in [3.8, 4) is 0 Å². The smallest absolute Gasteiger partial charge is 0.192 e. The van der Waals surface area contributed by atoms with E-state index in [0.29, 0.717) is 12.5 Å². The Balaban J connectivity index is 1.66. The first-order valence-electron chi connectivity index (χ1n) is 22.5. The Labute approximate surface area is 372 Å². The van der Waals surface area contributed by atoms with Gasteiger partial charge in [-0.2, -0.15) is 0 Å². The summed E-state index contributed by atoms with van der Waals surface area (Å²) in [5.41, 5.74) is 2.55. The molecule has 1 aliphatic rings. The second-order valence-corrected chi connectivity index (χ2v) is 34.7. The largest absolute Gasteiger partial charge is 0.413 e. The highest BCUT2D eigenvalue weighted by molar-refractivity contribution is 8.13. The number of allylic oxidation sites excluding steroid dienone is 1. The number of hydrogen-bond donors (Lipinski definition) is 0. The molecule has 0 spiro atoms. The second kappa shape index (κ2) is 21.4. The molecule has 0 aromatic heterocycles. The lowest BCUT2D eigenvalue weighted by molar-refractivity contribution is -0.213. The van der Waals surface area contributed by atoms with E-state index in [1.807, 2.05) is 0 Å². The van der Waals surface area contributed by atoms with Crippen LogP contribution in [-0.2, 0) is 28.7 Å². The minimum absolute atomic E-state index is 0.0417. The maximum absolute atomic E-state index is 7.44. The summed E-state index contributed by atoms with van der Waals surface area (Å²) >= 11 is 0. The minimum atomic E-state index is -2.17. The SMILES string of the molecule is C[C@H]([C@H]1OC(P(C)P)OC[C@@H]1C)[C@H](O[Si](C)(C)C(C)(C)C)[C@@H](C)C/C=C\[C@H](C)[C@@H](O[Si](C)(C)C(C)(C)C)[C@@H](C)COC(c1ccccc1)(c1ccccc1)c1ccccc1. The molecular weight excluding hydrogens is 811 g/mol. The molecule has 0 radical (unpaired) electrons. The lowest BCUT2D eigenvalue weighted by Crippen LogP contribution is -2.52. The van der Waals surface area contributed by atoms with Crippen molar-refractivity contribution >= 4 is 33.2 Å². The third-order valence-corrected chi connectivity index (χ3v) is 24.5. The second-order valence-electron chi connectivity index (χ2n) is 21.0. The van der Waals surface area contributed by atoms with Crippen molar-refractivity contribution in [1.29, 1.82) is 0 Å². The molecule has 0 amide bonds. The normalized spacial score (nSPS) is 22.2. The lowest BCUT2D eigenvalue weighted by atomic mass is 9.80. The summed E-state index contributed by atoms with van der Waals surface area (Å²) in [6.45, 7) is 38.7. The Morgan fingerprint density at radius 2 is 1.15 bits per heavy atom. The van der Waals surface area contributed by atoms with E-state index in [1.165, 1.54) is 0 Å². The zero-order valence-electron chi connectivity index (χ0n) is 40.2. The summed E-state index contributed by atoms with van der Waals surface area (Å²) in [6.07, 6.45) is 5.83. The van der Waals surface area contributed by atoms with E-state index in [0.717, 1.165) is 29.7 Å². The average molecular weight is 893 g/mol. The monoisotopic (exact) mass is 893 g/mol. The Bertz CT molecular complexity index is 1650. The summed E-state index contributed by atoms with van der Waals surface area (Å²) in [5.74, 6) is 1.06. The first-order valence-corrected chi connectivity index (χ1v) is 31.8. The van der Waals surface area contributed by atoms with E-state index >= 15 is 0 Å². The van der Waals surface area contributed by atoms with Gasteiger partial charge in [0.2, 0.25) is 0 Å². The quantitative estimate of drug-likeness (QED) is 0.0519. The van der Waals surface area contributed by atoms with Gasteiger partial charge in [0.1, 0.15) is 5.60 Å². The average Bonchev–Trinajstić information content (AvgIpc) is 3.19. The molecular formula is C51H82O5P2Si2. The van der Waals surface area contributed by atoms with Gasteiger partial charge in [0.05, 0.1) is 31.5 Å². The van der Waals surface area contributed by atoms with Crippen molar-refractivity contribution < 1.29 is 23.1 Å². The topological polar surface area (TPSA) is 46.2 Å². The van der Waals surface area contributed by atoms with E-state index in [9.17, 15) is 0 Å². The maximum Gasteiger partial charge on any atom is 0.192 e. The number of rotatable bonds is 19. The van der Waals surface area contributed by atoms with Crippen LogP contribution < -0.4 is 0 Å². The molecule has 0 aliphatic carbocycles. The van der Waals surface area contributed by atoms with Crippen LogP contribution in [0.15, 0.2) is 103 Å².